The minimum absolute atomic E-state index is 0.270. The van der Waals surface area contributed by atoms with Gasteiger partial charge in [0.25, 0.3) is 0 Å². The molecule has 0 spiro atoms. The molecular formula is C13H19F3N2O2. The molecule has 7 heteroatoms. The van der Waals surface area contributed by atoms with Gasteiger partial charge in [-0.3, -0.25) is 4.98 Å². The molecule has 1 N–H and O–H groups in total. The summed E-state index contributed by atoms with van der Waals surface area (Å²) in [4.78, 5) is 4.31. The van der Waals surface area contributed by atoms with Crippen LogP contribution in [0.3, 0.4) is 0 Å². The maximum Gasteiger partial charge on any atom is 0.411 e. The first-order chi connectivity index (χ1) is 9.28. The van der Waals surface area contributed by atoms with Crippen LogP contribution in [0.5, 0.6) is 5.75 Å². The first-order valence-corrected chi connectivity index (χ1v) is 6.25. The van der Waals surface area contributed by atoms with E-state index in [4.69, 9.17) is 4.74 Å². The fourth-order valence-electron chi connectivity index (χ4n) is 1.42. The molecule has 0 fully saturated rings. The second kappa shape index (κ2) is 7.44. The lowest BCUT2D eigenvalue weighted by Gasteiger charge is -2.14. The predicted molar refractivity (Wildman–Crippen MR) is 68.5 cm³/mol. The zero-order valence-electron chi connectivity index (χ0n) is 11.8. The monoisotopic (exact) mass is 292 g/mol. The third-order valence-electron chi connectivity index (χ3n) is 2.31. The number of aromatic nitrogens is 1. The van der Waals surface area contributed by atoms with E-state index in [1.807, 2.05) is 20.8 Å². The molecule has 0 aromatic carbocycles. The van der Waals surface area contributed by atoms with Gasteiger partial charge in [-0.15, -0.1) is 0 Å². The number of rotatable bonds is 7. The molecule has 0 atom stereocenters. The number of alkyl halides is 3. The lowest BCUT2D eigenvalue weighted by Crippen LogP contribution is -2.23. The summed E-state index contributed by atoms with van der Waals surface area (Å²) in [5, 5.41) is 3.18. The first-order valence-electron chi connectivity index (χ1n) is 6.25. The van der Waals surface area contributed by atoms with E-state index in [0.717, 1.165) is 5.69 Å². The summed E-state index contributed by atoms with van der Waals surface area (Å²) in [7, 11) is 0. The summed E-state index contributed by atoms with van der Waals surface area (Å²) in [5.74, 6) is 0.422. The molecule has 1 aromatic rings. The lowest BCUT2D eigenvalue weighted by molar-refractivity contribution is -0.186. The van der Waals surface area contributed by atoms with Gasteiger partial charge >= 0.3 is 6.18 Å². The molecular weight excluding hydrogens is 273 g/mol. The largest absolute Gasteiger partial charge is 0.466 e. The quantitative estimate of drug-likeness (QED) is 0.620. The predicted octanol–water partition coefficient (Wildman–Crippen LogP) is 2.80. The second-order valence-electron chi connectivity index (χ2n) is 4.66. The number of pyridine rings is 1. The van der Waals surface area contributed by atoms with Crippen LogP contribution in [0.1, 0.15) is 25.2 Å². The number of hydrogen-bond donors (Lipinski definition) is 1. The minimum Gasteiger partial charge on any atom is -0.466 e. The van der Waals surface area contributed by atoms with Gasteiger partial charge in [0.1, 0.15) is 12.4 Å². The Morgan fingerprint density at radius 2 is 2.00 bits per heavy atom. The molecule has 1 aromatic heterocycles. The molecule has 0 aliphatic rings. The molecule has 0 saturated carbocycles. The van der Waals surface area contributed by atoms with Gasteiger partial charge in [-0.2, -0.15) is 13.2 Å². The summed E-state index contributed by atoms with van der Waals surface area (Å²) in [6.07, 6.45) is -4.35. The Morgan fingerprint density at radius 3 is 2.60 bits per heavy atom. The van der Waals surface area contributed by atoms with Gasteiger partial charge in [0, 0.05) is 18.3 Å². The highest BCUT2D eigenvalue weighted by molar-refractivity contribution is 5.29. The average Bonchev–Trinajstić information content (AvgIpc) is 2.32. The summed E-state index contributed by atoms with van der Waals surface area (Å²) < 4.78 is 45.4. The van der Waals surface area contributed by atoms with E-state index in [-0.39, 0.29) is 6.04 Å². The van der Waals surface area contributed by atoms with E-state index >= 15 is 0 Å². The standard InChI is InChI=1S/C13H19F3N2O2/c1-9(2)17-6-11-12(5-4-10(3)18-11)20-8-19-7-13(14,15)16/h4-5,9,17H,6-8H2,1-3H3. The minimum atomic E-state index is -4.35. The van der Waals surface area contributed by atoms with Crippen LogP contribution in [-0.4, -0.2) is 30.6 Å². The van der Waals surface area contributed by atoms with Crippen molar-refractivity contribution in [3.05, 3.63) is 23.5 Å². The third-order valence-corrected chi connectivity index (χ3v) is 2.31. The van der Waals surface area contributed by atoms with Crippen LogP contribution in [0.25, 0.3) is 0 Å². The van der Waals surface area contributed by atoms with Gasteiger partial charge in [-0.1, -0.05) is 13.8 Å². The SMILES string of the molecule is Cc1ccc(OCOCC(F)(F)F)c(CNC(C)C)n1. The molecule has 0 aliphatic heterocycles. The van der Waals surface area contributed by atoms with E-state index < -0.39 is 19.6 Å². The molecule has 0 bridgehead atoms. The van der Waals surface area contributed by atoms with Crippen LogP contribution in [0, 0.1) is 6.92 Å². The highest BCUT2D eigenvalue weighted by Crippen LogP contribution is 2.18. The van der Waals surface area contributed by atoms with Crippen molar-refractivity contribution in [1.29, 1.82) is 0 Å². The van der Waals surface area contributed by atoms with Gasteiger partial charge in [-0.25, -0.2) is 0 Å². The van der Waals surface area contributed by atoms with Crippen molar-refractivity contribution in [2.45, 2.75) is 39.5 Å². The number of nitrogens with one attached hydrogen (secondary N) is 1. The molecule has 0 aliphatic carbocycles. The number of hydrogen-bond acceptors (Lipinski definition) is 4. The summed E-state index contributed by atoms with van der Waals surface area (Å²) in [6.45, 7) is 4.51. The van der Waals surface area contributed by atoms with Gasteiger partial charge in [0.2, 0.25) is 0 Å². The zero-order chi connectivity index (χ0) is 15.2. The van der Waals surface area contributed by atoms with Gasteiger partial charge in [0.15, 0.2) is 6.79 Å². The van der Waals surface area contributed by atoms with Crippen molar-refractivity contribution in [3.63, 3.8) is 0 Å². The summed E-state index contributed by atoms with van der Waals surface area (Å²) in [5.41, 5.74) is 1.46. The van der Waals surface area contributed by atoms with Crippen LogP contribution in [-0.2, 0) is 11.3 Å². The van der Waals surface area contributed by atoms with Crippen molar-refractivity contribution in [2.24, 2.45) is 0 Å². The summed E-state index contributed by atoms with van der Waals surface area (Å²) in [6, 6.07) is 3.68. The van der Waals surface area contributed by atoms with E-state index in [0.29, 0.717) is 18.0 Å². The Morgan fingerprint density at radius 1 is 1.30 bits per heavy atom. The van der Waals surface area contributed by atoms with Gasteiger partial charge in [0.05, 0.1) is 5.69 Å². The number of halogens is 3. The molecule has 20 heavy (non-hydrogen) atoms. The van der Waals surface area contributed by atoms with Crippen molar-refractivity contribution >= 4 is 0 Å². The van der Waals surface area contributed by atoms with Crippen LogP contribution in [0.4, 0.5) is 13.2 Å². The molecule has 0 amide bonds. The summed E-state index contributed by atoms with van der Waals surface area (Å²) >= 11 is 0. The maximum atomic E-state index is 11.9. The number of nitrogens with zero attached hydrogens (tertiary/aromatic N) is 1. The lowest BCUT2D eigenvalue weighted by atomic mass is 10.2. The fraction of sp³-hybridized carbons (Fsp3) is 0.615. The Labute approximate surface area is 116 Å². The van der Waals surface area contributed by atoms with Crippen molar-refractivity contribution in [3.8, 4) is 5.75 Å². The van der Waals surface area contributed by atoms with E-state index in [1.54, 1.807) is 12.1 Å². The van der Waals surface area contributed by atoms with E-state index in [1.165, 1.54) is 0 Å². The van der Waals surface area contributed by atoms with Gasteiger partial charge in [-0.05, 0) is 19.1 Å². The van der Waals surface area contributed by atoms with E-state index in [9.17, 15) is 13.2 Å². The second-order valence-corrected chi connectivity index (χ2v) is 4.66. The molecule has 0 radical (unpaired) electrons. The van der Waals surface area contributed by atoms with Crippen LogP contribution < -0.4 is 10.1 Å². The zero-order valence-corrected chi connectivity index (χ0v) is 11.8. The molecule has 1 heterocycles. The Hall–Kier alpha value is -1.34. The molecule has 0 unspecified atom stereocenters. The molecule has 0 saturated heterocycles. The Bertz CT molecular complexity index is 423. The van der Waals surface area contributed by atoms with Crippen molar-refractivity contribution in [1.82, 2.24) is 10.3 Å². The fourth-order valence-corrected chi connectivity index (χ4v) is 1.42. The van der Waals surface area contributed by atoms with Crippen LogP contribution >= 0.6 is 0 Å². The van der Waals surface area contributed by atoms with Gasteiger partial charge < -0.3 is 14.8 Å². The molecule has 1 rings (SSSR count). The van der Waals surface area contributed by atoms with Crippen molar-refractivity contribution in [2.75, 3.05) is 13.4 Å². The normalized spacial score (nSPS) is 11.9. The Kier molecular flexibility index (Phi) is 6.22. The highest BCUT2D eigenvalue weighted by atomic mass is 19.4. The van der Waals surface area contributed by atoms with E-state index in [2.05, 4.69) is 15.0 Å². The smallest absolute Gasteiger partial charge is 0.411 e. The number of aryl methyl sites for hydroxylation is 1. The van der Waals surface area contributed by atoms with Crippen LogP contribution in [0.2, 0.25) is 0 Å². The first kappa shape index (κ1) is 16.7. The average molecular weight is 292 g/mol. The van der Waals surface area contributed by atoms with Crippen LogP contribution in [0.15, 0.2) is 12.1 Å². The third kappa shape index (κ3) is 6.72. The maximum absolute atomic E-state index is 11.9. The highest BCUT2D eigenvalue weighted by Gasteiger charge is 2.27. The Balaban J connectivity index is 2.55. The molecule has 4 nitrogen and oxygen atoms in total. The van der Waals surface area contributed by atoms with Crippen molar-refractivity contribution < 1.29 is 22.6 Å². The number of ether oxygens (including phenoxy) is 2. The topological polar surface area (TPSA) is 43.4 Å². The molecule has 114 valence electrons.